The van der Waals surface area contributed by atoms with Crippen molar-refractivity contribution in [2.45, 2.75) is 44.8 Å². The molecular weight excluding hydrogens is 278 g/mol. The Morgan fingerprint density at radius 2 is 2.27 bits per heavy atom. The third-order valence-corrected chi connectivity index (χ3v) is 4.78. The summed E-state index contributed by atoms with van der Waals surface area (Å²) < 4.78 is 11.8. The predicted molar refractivity (Wildman–Crippen MR) is 85.0 cm³/mol. The molecule has 1 aromatic carbocycles. The molecule has 4 heteroatoms. The number of nitrogens with zero attached hydrogens (tertiary/aromatic N) is 1. The van der Waals surface area contributed by atoms with Crippen LogP contribution in [0.2, 0.25) is 0 Å². The molecule has 1 spiro atoms. The van der Waals surface area contributed by atoms with E-state index in [2.05, 4.69) is 0 Å². The molecule has 2 aliphatic heterocycles. The first kappa shape index (κ1) is 15.5. The topological polar surface area (TPSA) is 38.8 Å². The standard InChI is InChI=1S/C18H25NO3/c1-3-21-15-11-18(22-12-15)9-6-10-19(13-18)17(20)16-8-5-4-7-14(16)2/h4-5,7-8,15H,3,6,9-13H2,1-2H3/t15-,18-/m1/s1. The summed E-state index contributed by atoms with van der Waals surface area (Å²) in [4.78, 5) is 14.8. The van der Waals surface area contributed by atoms with Gasteiger partial charge in [-0.1, -0.05) is 18.2 Å². The molecule has 4 nitrogen and oxygen atoms in total. The van der Waals surface area contributed by atoms with Crippen LogP contribution in [0.15, 0.2) is 24.3 Å². The van der Waals surface area contributed by atoms with Crippen molar-refractivity contribution in [1.82, 2.24) is 4.90 Å². The predicted octanol–water partition coefficient (Wildman–Crippen LogP) is 2.80. The third kappa shape index (κ3) is 3.03. The number of carbonyl (C=O) groups is 1. The van der Waals surface area contributed by atoms with Crippen LogP contribution in [0.25, 0.3) is 0 Å². The van der Waals surface area contributed by atoms with Crippen LogP contribution in [0.5, 0.6) is 0 Å². The van der Waals surface area contributed by atoms with E-state index in [0.29, 0.717) is 13.2 Å². The molecule has 1 aromatic rings. The van der Waals surface area contributed by atoms with Gasteiger partial charge in [-0.2, -0.15) is 0 Å². The first-order valence-corrected chi connectivity index (χ1v) is 8.24. The van der Waals surface area contributed by atoms with Crippen molar-refractivity contribution in [2.75, 3.05) is 26.3 Å². The number of piperidine rings is 1. The van der Waals surface area contributed by atoms with E-state index in [1.54, 1.807) is 0 Å². The minimum absolute atomic E-state index is 0.126. The van der Waals surface area contributed by atoms with Crippen molar-refractivity contribution in [3.63, 3.8) is 0 Å². The molecule has 2 fully saturated rings. The Hall–Kier alpha value is -1.39. The van der Waals surface area contributed by atoms with Gasteiger partial charge in [-0.05, 0) is 38.3 Å². The van der Waals surface area contributed by atoms with Crippen LogP contribution in [-0.4, -0.2) is 48.8 Å². The summed E-state index contributed by atoms with van der Waals surface area (Å²) in [6.07, 6.45) is 3.10. The average molecular weight is 303 g/mol. The maximum Gasteiger partial charge on any atom is 0.254 e. The second kappa shape index (κ2) is 6.39. The molecule has 0 aromatic heterocycles. The minimum Gasteiger partial charge on any atom is -0.376 e. The number of ether oxygens (including phenoxy) is 2. The highest BCUT2D eigenvalue weighted by atomic mass is 16.6. The number of benzene rings is 1. The van der Waals surface area contributed by atoms with E-state index in [4.69, 9.17) is 9.47 Å². The second-order valence-electron chi connectivity index (χ2n) is 6.42. The van der Waals surface area contributed by atoms with Crippen molar-refractivity contribution in [3.05, 3.63) is 35.4 Å². The fourth-order valence-electron chi connectivity index (χ4n) is 3.68. The first-order valence-electron chi connectivity index (χ1n) is 8.24. The minimum atomic E-state index is -0.198. The summed E-state index contributed by atoms with van der Waals surface area (Å²) in [6.45, 7) is 6.88. The van der Waals surface area contributed by atoms with Crippen LogP contribution in [0.3, 0.4) is 0 Å². The van der Waals surface area contributed by atoms with Crippen molar-refractivity contribution in [1.29, 1.82) is 0 Å². The molecule has 2 heterocycles. The number of carbonyl (C=O) groups excluding carboxylic acids is 1. The molecule has 0 saturated carbocycles. The van der Waals surface area contributed by atoms with E-state index in [1.807, 2.05) is 43.0 Å². The van der Waals surface area contributed by atoms with Crippen LogP contribution in [0.4, 0.5) is 0 Å². The number of aryl methyl sites for hydroxylation is 1. The van der Waals surface area contributed by atoms with Crippen molar-refractivity contribution in [2.24, 2.45) is 0 Å². The molecular formula is C18H25NO3. The summed E-state index contributed by atoms with van der Waals surface area (Å²) in [5.41, 5.74) is 1.64. The van der Waals surface area contributed by atoms with Gasteiger partial charge in [-0.15, -0.1) is 0 Å². The fourth-order valence-corrected chi connectivity index (χ4v) is 3.68. The van der Waals surface area contributed by atoms with Gasteiger partial charge in [0.15, 0.2) is 0 Å². The molecule has 0 unspecified atom stereocenters. The van der Waals surface area contributed by atoms with Crippen molar-refractivity contribution in [3.8, 4) is 0 Å². The monoisotopic (exact) mass is 303 g/mol. The average Bonchev–Trinajstić information content (AvgIpc) is 2.90. The molecule has 2 saturated heterocycles. The van der Waals surface area contributed by atoms with E-state index in [-0.39, 0.29) is 17.6 Å². The maximum absolute atomic E-state index is 12.8. The van der Waals surface area contributed by atoms with E-state index >= 15 is 0 Å². The summed E-state index contributed by atoms with van der Waals surface area (Å²) in [5, 5.41) is 0. The molecule has 0 N–H and O–H groups in total. The highest BCUT2D eigenvalue weighted by Crippen LogP contribution is 2.36. The summed E-state index contributed by atoms with van der Waals surface area (Å²) in [7, 11) is 0. The lowest BCUT2D eigenvalue weighted by Gasteiger charge is -2.39. The Balaban J connectivity index is 1.71. The molecule has 0 radical (unpaired) electrons. The lowest BCUT2D eigenvalue weighted by molar-refractivity contribution is -0.0462. The SMILES string of the molecule is CCO[C@H]1CO[C@]2(CCCN(C(=O)c3ccccc3C)C2)C1. The van der Waals surface area contributed by atoms with E-state index < -0.39 is 0 Å². The van der Waals surface area contributed by atoms with Gasteiger partial charge < -0.3 is 14.4 Å². The normalized spacial score (nSPS) is 28.3. The number of hydrogen-bond donors (Lipinski definition) is 0. The molecule has 2 aliphatic rings. The van der Waals surface area contributed by atoms with Gasteiger partial charge in [0.2, 0.25) is 0 Å². The number of amides is 1. The molecule has 0 aliphatic carbocycles. The van der Waals surface area contributed by atoms with Crippen molar-refractivity contribution >= 4 is 5.91 Å². The summed E-state index contributed by atoms with van der Waals surface area (Å²) in [5.74, 6) is 0.126. The highest BCUT2D eigenvalue weighted by molar-refractivity contribution is 5.95. The smallest absolute Gasteiger partial charge is 0.254 e. The Labute approximate surface area is 132 Å². The summed E-state index contributed by atoms with van der Waals surface area (Å²) >= 11 is 0. The fraction of sp³-hybridized carbons (Fsp3) is 0.611. The Kier molecular flexibility index (Phi) is 4.50. The Morgan fingerprint density at radius 1 is 1.45 bits per heavy atom. The van der Waals surface area contributed by atoms with Gasteiger partial charge in [0.25, 0.3) is 5.91 Å². The van der Waals surface area contributed by atoms with Gasteiger partial charge in [0.1, 0.15) is 0 Å². The molecule has 120 valence electrons. The number of hydrogen-bond acceptors (Lipinski definition) is 3. The molecule has 3 rings (SSSR count). The zero-order valence-electron chi connectivity index (χ0n) is 13.5. The third-order valence-electron chi connectivity index (χ3n) is 4.78. The van der Waals surface area contributed by atoms with Gasteiger partial charge in [0, 0.05) is 25.1 Å². The Morgan fingerprint density at radius 3 is 3.05 bits per heavy atom. The zero-order valence-corrected chi connectivity index (χ0v) is 13.5. The van der Waals surface area contributed by atoms with Gasteiger partial charge >= 0.3 is 0 Å². The van der Waals surface area contributed by atoms with Crippen molar-refractivity contribution < 1.29 is 14.3 Å². The highest BCUT2D eigenvalue weighted by Gasteiger charge is 2.44. The molecule has 22 heavy (non-hydrogen) atoms. The molecule has 2 atom stereocenters. The van der Waals surface area contributed by atoms with Crippen LogP contribution < -0.4 is 0 Å². The first-order chi connectivity index (χ1) is 10.6. The van der Waals surface area contributed by atoms with Crippen LogP contribution in [-0.2, 0) is 9.47 Å². The van der Waals surface area contributed by atoms with Crippen LogP contribution >= 0.6 is 0 Å². The summed E-state index contributed by atoms with van der Waals surface area (Å²) in [6, 6.07) is 7.80. The number of likely N-dealkylation sites (tertiary alicyclic amines) is 1. The molecule has 0 bridgehead atoms. The van der Waals surface area contributed by atoms with E-state index in [9.17, 15) is 4.79 Å². The van der Waals surface area contributed by atoms with E-state index in [1.165, 1.54) is 0 Å². The lowest BCUT2D eigenvalue weighted by Crippen LogP contribution is -2.50. The largest absolute Gasteiger partial charge is 0.376 e. The quantitative estimate of drug-likeness (QED) is 0.862. The number of rotatable bonds is 3. The van der Waals surface area contributed by atoms with Crippen LogP contribution in [0, 0.1) is 6.92 Å². The zero-order chi connectivity index (χ0) is 15.6. The lowest BCUT2D eigenvalue weighted by atomic mass is 9.89. The second-order valence-corrected chi connectivity index (χ2v) is 6.42. The van der Waals surface area contributed by atoms with Crippen LogP contribution in [0.1, 0.15) is 42.1 Å². The van der Waals surface area contributed by atoms with Gasteiger partial charge in [-0.25, -0.2) is 0 Å². The molecule has 1 amide bonds. The maximum atomic E-state index is 12.8. The Bertz CT molecular complexity index is 545. The van der Waals surface area contributed by atoms with Gasteiger partial charge in [-0.3, -0.25) is 4.79 Å². The van der Waals surface area contributed by atoms with E-state index in [0.717, 1.165) is 43.5 Å². The van der Waals surface area contributed by atoms with Gasteiger partial charge in [0.05, 0.1) is 24.9 Å².